The standard InChI is InChI=1S/C21H18N4O5/c1-28-15-8-11(9-16(29-2)18(15)30-3)17-14(10-22)19(23)25-21(27)13-7-5-4-6-12(13)20(26)24(17)25/h4-9,17H,23H2,1-3H3. The molecule has 3 aromatic rings. The molecule has 0 fully saturated rings. The number of rotatable bonds is 4. The van der Waals surface area contributed by atoms with E-state index >= 15 is 0 Å². The molecule has 1 unspecified atom stereocenters. The van der Waals surface area contributed by atoms with Crippen LogP contribution in [0.25, 0.3) is 16.6 Å². The molecule has 0 aliphatic carbocycles. The Labute approximate surface area is 170 Å². The summed E-state index contributed by atoms with van der Waals surface area (Å²) in [6, 6.07) is 10.8. The van der Waals surface area contributed by atoms with Crippen molar-refractivity contribution < 1.29 is 14.2 Å². The molecule has 9 heteroatoms. The van der Waals surface area contributed by atoms with E-state index < -0.39 is 17.2 Å². The van der Waals surface area contributed by atoms with Gasteiger partial charge in [0.1, 0.15) is 23.5 Å². The maximum absolute atomic E-state index is 13.3. The maximum Gasteiger partial charge on any atom is 0.279 e. The molecule has 0 saturated heterocycles. The molecule has 1 aromatic heterocycles. The summed E-state index contributed by atoms with van der Waals surface area (Å²) in [5.41, 5.74) is 5.78. The Morgan fingerprint density at radius 3 is 2.03 bits per heavy atom. The molecule has 0 spiro atoms. The molecule has 152 valence electrons. The predicted molar refractivity (Wildman–Crippen MR) is 110 cm³/mol. The fourth-order valence-electron chi connectivity index (χ4n) is 3.80. The summed E-state index contributed by atoms with van der Waals surface area (Å²) in [4.78, 5) is 26.4. The molecule has 9 nitrogen and oxygen atoms in total. The van der Waals surface area contributed by atoms with E-state index in [9.17, 15) is 14.9 Å². The molecule has 2 aromatic carbocycles. The lowest BCUT2D eigenvalue weighted by atomic mass is 9.99. The highest BCUT2D eigenvalue weighted by Gasteiger charge is 2.35. The first-order chi connectivity index (χ1) is 14.5. The molecular weight excluding hydrogens is 388 g/mol. The van der Waals surface area contributed by atoms with Crippen molar-refractivity contribution in [2.75, 3.05) is 21.3 Å². The van der Waals surface area contributed by atoms with Crippen LogP contribution in [-0.2, 0) is 0 Å². The van der Waals surface area contributed by atoms with Crippen molar-refractivity contribution in [1.29, 1.82) is 5.26 Å². The Morgan fingerprint density at radius 2 is 1.53 bits per heavy atom. The second kappa shape index (κ2) is 7.00. The van der Waals surface area contributed by atoms with Crippen molar-refractivity contribution >= 4 is 16.6 Å². The van der Waals surface area contributed by atoms with E-state index in [2.05, 4.69) is 0 Å². The number of benzene rings is 2. The molecular formula is C21H18N4O5. The van der Waals surface area contributed by atoms with E-state index in [1.165, 1.54) is 26.0 Å². The average Bonchev–Trinajstić information content (AvgIpc) is 3.08. The van der Waals surface area contributed by atoms with Gasteiger partial charge in [0.25, 0.3) is 11.1 Å². The van der Waals surface area contributed by atoms with Crippen molar-refractivity contribution in [3.05, 3.63) is 68.2 Å². The summed E-state index contributed by atoms with van der Waals surface area (Å²) in [6.45, 7) is 0. The normalized spacial score (nSPS) is 15.1. The maximum atomic E-state index is 13.3. The monoisotopic (exact) mass is 406 g/mol. The van der Waals surface area contributed by atoms with Gasteiger partial charge in [0.05, 0.1) is 32.1 Å². The van der Waals surface area contributed by atoms with E-state index in [4.69, 9.17) is 19.9 Å². The molecule has 2 heterocycles. The number of fused-ring (bicyclic) bond motifs is 2. The largest absolute Gasteiger partial charge is 0.493 e. The minimum Gasteiger partial charge on any atom is -0.493 e. The molecule has 0 amide bonds. The molecule has 1 aliphatic rings. The van der Waals surface area contributed by atoms with Gasteiger partial charge in [0.15, 0.2) is 11.5 Å². The number of hydrogen-bond donors (Lipinski definition) is 1. The lowest BCUT2D eigenvalue weighted by molar-refractivity contribution is 0.323. The van der Waals surface area contributed by atoms with Crippen LogP contribution in [0.2, 0.25) is 0 Å². The smallest absolute Gasteiger partial charge is 0.279 e. The fraction of sp³-hybridized carbons (Fsp3) is 0.190. The van der Waals surface area contributed by atoms with Gasteiger partial charge in [-0.25, -0.2) is 4.68 Å². The van der Waals surface area contributed by atoms with Gasteiger partial charge in [-0.1, -0.05) is 12.1 Å². The van der Waals surface area contributed by atoms with Gasteiger partial charge in [-0.2, -0.15) is 9.94 Å². The minimum absolute atomic E-state index is 0.0683. The zero-order valence-corrected chi connectivity index (χ0v) is 16.5. The van der Waals surface area contributed by atoms with Crippen LogP contribution in [-0.4, -0.2) is 30.7 Å². The number of allylic oxidation sites excluding steroid dienone is 1. The van der Waals surface area contributed by atoms with Crippen molar-refractivity contribution in [2.45, 2.75) is 6.04 Å². The van der Waals surface area contributed by atoms with Crippen molar-refractivity contribution in [3.8, 4) is 23.3 Å². The molecule has 2 N–H and O–H groups in total. The van der Waals surface area contributed by atoms with Crippen molar-refractivity contribution in [1.82, 2.24) is 9.36 Å². The zero-order valence-electron chi connectivity index (χ0n) is 16.5. The molecule has 1 aliphatic heterocycles. The van der Waals surface area contributed by atoms with Crippen LogP contribution in [0, 0.1) is 11.3 Å². The third-order valence-electron chi connectivity index (χ3n) is 5.15. The van der Waals surface area contributed by atoms with Crippen LogP contribution in [0.5, 0.6) is 17.2 Å². The number of aromatic nitrogens is 2. The van der Waals surface area contributed by atoms with Crippen molar-refractivity contribution in [2.24, 2.45) is 5.73 Å². The van der Waals surface area contributed by atoms with Gasteiger partial charge in [-0.15, -0.1) is 0 Å². The Kier molecular flexibility index (Phi) is 4.47. The second-order valence-corrected chi connectivity index (χ2v) is 6.58. The Morgan fingerprint density at radius 1 is 0.967 bits per heavy atom. The number of nitrogens with zero attached hydrogens (tertiary/aromatic N) is 3. The van der Waals surface area contributed by atoms with Crippen LogP contribution >= 0.6 is 0 Å². The molecule has 1 atom stereocenters. The summed E-state index contributed by atoms with van der Waals surface area (Å²) in [5, 5.41) is 10.3. The first-order valence-corrected chi connectivity index (χ1v) is 8.95. The van der Waals surface area contributed by atoms with E-state index in [-0.39, 0.29) is 22.2 Å². The van der Waals surface area contributed by atoms with Gasteiger partial charge in [-0.05, 0) is 29.8 Å². The van der Waals surface area contributed by atoms with Gasteiger partial charge in [0.2, 0.25) is 5.75 Å². The van der Waals surface area contributed by atoms with Crippen molar-refractivity contribution in [3.63, 3.8) is 0 Å². The third-order valence-corrected chi connectivity index (χ3v) is 5.15. The number of ether oxygens (including phenoxy) is 3. The van der Waals surface area contributed by atoms with Gasteiger partial charge < -0.3 is 19.9 Å². The van der Waals surface area contributed by atoms with Gasteiger partial charge in [-0.3, -0.25) is 9.59 Å². The van der Waals surface area contributed by atoms with Crippen LogP contribution in [0.1, 0.15) is 11.6 Å². The number of nitrogens with two attached hydrogens (primary N) is 1. The molecule has 0 bridgehead atoms. The quantitative estimate of drug-likeness (QED) is 0.696. The Bertz CT molecular complexity index is 1350. The van der Waals surface area contributed by atoms with Crippen LogP contribution in [0.15, 0.2) is 51.6 Å². The minimum atomic E-state index is -0.937. The highest BCUT2D eigenvalue weighted by Crippen LogP contribution is 2.42. The summed E-state index contributed by atoms with van der Waals surface area (Å²) in [7, 11) is 4.40. The molecule has 0 saturated carbocycles. The highest BCUT2D eigenvalue weighted by molar-refractivity contribution is 5.82. The Hall–Kier alpha value is -4.19. The summed E-state index contributed by atoms with van der Waals surface area (Å²) >= 11 is 0. The molecule has 4 rings (SSSR count). The second-order valence-electron chi connectivity index (χ2n) is 6.58. The predicted octanol–water partition coefficient (Wildman–Crippen LogP) is 1.44. The average molecular weight is 406 g/mol. The third kappa shape index (κ3) is 2.47. The lowest BCUT2D eigenvalue weighted by Crippen LogP contribution is -2.38. The number of hydrogen-bond acceptors (Lipinski definition) is 7. The van der Waals surface area contributed by atoms with E-state index in [1.54, 1.807) is 36.4 Å². The van der Waals surface area contributed by atoms with E-state index in [0.717, 1.165) is 4.68 Å². The first-order valence-electron chi connectivity index (χ1n) is 8.95. The summed E-state index contributed by atoms with van der Waals surface area (Å²) < 4.78 is 18.4. The summed E-state index contributed by atoms with van der Waals surface area (Å²) in [6.07, 6.45) is 0. The van der Waals surface area contributed by atoms with Crippen LogP contribution in [0.3, 0.4) is 0 Å². The van der Waals surface area contributed by atoms with Crippen LogP contribution < -0.4 is 31.1 Å². The van der Waals surface area contributed by atoms with Crippen LogP contribution in [0.4, 0.5) is 0 Å². The zero-order chi connectivity index (χ0) is 21.6. The van der Waals surface area contributed by atoms with E-state index in [1.807, 2.05) is 6.07 Å². The highest BCUT2D eigenvalue weighted by atomic mass is 16.5. The SMILES string of the molecule is COc1cc(C2C(C#N)=C(N)n3c(=O)c4ccccc4c(=O)n32)cc(OC)c1OC. The molecule has 30 heavy (non-hydrogen) atoms. The lowest BCUT2D eigenvalue weighted by Gasteiger charge is -2.19. The fourth-order valence-corrected chi connectivity index (χ4v) is 3.80. The molecule has 0 radical (unpaired) electrons. The topological polar surface area (TPSA) is 122 Å². The number of methoxy groups -OCH3 is 3. The first kappa shape index (κ1) is 19.1. The summed E-state index contributed by atoms with van der Waals surface area (Å²) in [5.74, 6) is 0.958. The number of nitriles is 1. The van der Waals surface area contributed by atoms with Gasteiger partial charge in [0, 0.05) is 0 Å². The van der Waals surface area contributed by atoms with Gasteiger partial charge >= 0.3 is 0 Å². The van der Waals surface area contributed by atoms with E-state index in [0.29, 0.717) is 22.8 Å². The Balaban J connectivity index is 2.11.